The lowest BCUT2D eigenvalue weighted by molar-refractivity contribution is 1.24. The molecule has 19 heavy (non-hydrogen) atoms. The smallest absolute Gasteiger partial charge is 0.00720 e. The first-order chi connectivity index (χ1) is 9.43. The minimum absolute atomic E-state index is 1.07. The van der Waals surface area contributed by atoms with Crippen molar-refractivity contribution in [1.82, 2.24) is 0 Å². The van der Waals surface area contributed by atoms with E-state index in [1.54, 1.807) is 6.08 Å². The number of thioether (sulfide) groups is 1. The van der Waals surface area contributed by atoms with Gasteiger partial charge in [0.05, 0.1) is 0 Å². The van der Waals surface area contributed by atoms with E-state index >= 15 is 0 Å². The van der Waals surface area contributed by atoms with Gasteiger partial charge in [0, 0.05) is 10.6 Å². The molecule has 0 amide bonds. The number of rotatable bonds is 7. The highest BCUT2D eigenvalue weighted by Gasteiger charge is 1.89. The molecule has 0 saturated carbocycles. The van der Waals surface area contributed by atoms with Crippen molar-refractivity contribution in [2.24, 2.45) is 0 Å². The summed E-state index contributed by atoms with van der Waals surface area (Å²) in [6.07, 6.45) is 21.8. The van der Waals surface area contributed by atoms with Gasteiger partial charge in [-0.15, -0.1) is 18.2 Å². The summed E-state index contributed by atoms with van der Waals surface area (Å²) in [5.74, 6) is 3.54. The average molecular weight is 266 g/mol. The van der Waals surface area contributed by atoms with Crippen LogP contribution in [0, 0.1) is 12.3 Å². The summed E-state index contributed by atoms with van der Waals surface area (Å²) >= 11 is 1.88. The van der Waals surface area contributed by atoms with Gasteiger partial charge < -0.3 is 0 Å². The van der Waals surface area contributed by atoms with Crippen molar-refractivity contribution in [3.63, 3.8) is 0 Å². The number of benzene rings is 1. The van der Waals surface area contributed by atoms with E-state index in [1.165, 1.54) is 4.90 Å². The van der Waals surface area contributed by atoms with Gasteiger partial charge in [-0.2, -0.15) is 0 Å². The highest BCUT2D eigenvalue weighted by molar-refractivity contribution is 7.99. The van der Waals surface area contributed by atoms with Crippen molar-refractivity contribution in [2.45, 2.75) is 11.3 Å². The molecule has 0 heterocycles. The Kier molecular flexibility index (Phi) is 8.93. The van der Waals surface area contributed by atoms with Crippen LogP contribution in [0.1, 0.15) is 6.42 Å². The Morgan fingerprint density at radius 1 is 0.947 bits per heavy atom. The van der Waals surface area contributed by atoms with Crippen LogP contribution in [0.4, 0.5) is 0 Å². The molecule has 1 heteroatoms. The van der Waals surface area contributed by atoms with Crippen LogP contribution in [0.5, 0.6) is 0 Å². The summed E-state index contributed by atoms with van der Waals surface area (Å²) < 4.78 is 0. The summed E-state index contributed by atoms with van der Waals surface area (Å²) in [4.78, 5) is 1.33. The fraction of sp³-hybridized carbons (Fsp3) is 0.111. The van der Waals surface area contributed by atoms with Crippen LogP contribution in [0.2, 0.25) is 0 Å². The molecule has 96 valence electrons. The van der Waals surface area contributed by atoms with E-state index < -0.39 is 0 Å². The second kappa shape index (κ2) is 11.2. The van der Waals surface area contributed by atoms with Crippen LogP contribution >= 0.6 is 11.8 Å². The zero-order chi connectivity index (χ0) is 13.6. The Morgan fingerprint density at radius 3 is 2.37 bits per heavy atom. The van der Waals surface area contributed by atoms with Crippen LogP contribution in [0.25, 0.3) is 0 Å². The van der Waals surface area contributed by atoms with Crippen molar-refractivity contribution >= 4 is 11.8 Å². The quantitative estimate of drug-likeness (QED) is 0.289. The van der Waals surface area contributed by atoms with Crippen LogP contribution in [0.15, 0.2) is 83.8 Å². The Balaban J connectivity index is 2.11. The predicted octanol–water partition coefficient (Wildman–Crippen LogP) is 5.03. The molecule has 1 aromatic carbocycles. The standard InChI is InChI=1S/C18H18S/c1-2-3-4-5-6-7-8-9-10-14-17-19-18-15-12-11-13-16-18/h1,3-13,15-16H,14,17H2/b4-3+,6-5+,8-7+,10-9+. The molecule has 0 spiro atoms. The summed E-state index contributed by atoms with van der Waals surface area (Å²) in [7, 11) is 0. The Bertz CT molecular complexity index is 484. The van der Waals surface area contributed by atoms with Gasteiger partial charge >= 0.3 is 0 Å². The number of allylic oxidation sites excluding steroid dienone is 8. The average Bonchev–Trinajstić information content (AvgIpc) is 2.46. The predicted molar refractivity (Wildman–Crippen MR) is 87.2 cm³/mol. The molecule has 1 aromatic rings. The van der Waals surface area contributed by atoms with E-state index in [1.807, 2.05) is 48.2 Å². The van der Waals surface area contributed by atoms with E-state index in [2.05, 4.69) is 42.3 Å². The van der Waals surface area contributed by atoms with Crippen molar-refractivity contribution in [2.75, 3.05) is 5.75 Å². The van der Waals surface area contributed by atoms with E-state index in [0.717, 1.165) is 12.2 Å². The van der Waals surface area contributed by atoms with Crippen molar-refractivity contribution < 1.29 is 0 Å². The highest BCUT2D eigenvalue weighted by atomic mass is 32.2. The Hall–Kier alpha value is -1.91. The molecule has 0 N–H and O–H groups in total. The molecular weight excluding hydrogens is 248 g/mol. The molecule has 0 radical (unpaired) electrons. The molecule has 0 bridgehead atoms. The second-order valence-electron chi connectivity index (χ2n) is 3.67. The van der Waals surface area contributed by atoms with Crippen LogP contribution in [-0.4, -0.2) is 5.75 Å². The third-order valence-electron chi connectivity index (χ3n) is 2.18. The van der Waals surface area contributed by atoms with Crippen LogP contribution < -0.4 is 0 Å². The molecule has 0 unspecified atom stereocenters. The highest BCUT2D eigenvalue weighted by Crippen LogP contribution is 2.17. The van der Waals surface area contributed by atoms with Crippen LogP contribution in [0.3, 0.4) is 0 Å². The zero-order valence-electron chi connectivity index (χ0n) is 10.9. The first-order valence-corrected chi connectivity index (χ1v) is 7.21. The first-order valence-electron chi connectivity index (χ1n) is 6.22. The molecule has 0 aliphatic heterocycles. The largest absolute Gasteiger partial charge is 0.126 e. The van der Waals surface area contributed by atoms with Crippen molar-refractivity contribution in [3.8, 4) is 12.3 Å². The fourth-order valence-corrected chi connectivity index (χ4v) is 2.14. The van der Waals surface area contributed by atoms with Gasteiger partial charge in [-0.1, -0.05) is 66.7 Å². The summed E-state index contributed by atoms with van der Waals surface area (Å²) in [5.41, 5.74) is 0. The first kappa shape index (κ1) is 15.1. The number of hydrogen-bond donors (Lipinski definition) is 0. The van der Waals surface area contributed by atoms with Gasteiger partial charge in [-0.3, -0.25) is 0 Å². The van der Waals surface area contributed by atoms with Gasteiger partial charge in [0.2, 0.25) is 0 Å². The normalized spacial score (nSPS) is 11.9. The monoisotopic (exact) mass is 266 g/mol. The van der Waals surface area contributed by atoms with Gasteiger partial charge in [0.25, 0.3) is 0 Å². The lowest BCUT2D eigenvalue weighted by Gasteiger charge is -1.97. The Labute approximate surface area is 120 Å². The van der Waals surface area contributed by atoms with Crippen molar-refractivity contribution in [3.05, 3.63) is 78.9 Å². The third-order valence-corrected chi connectivity index (χ3v) is 3.23. The molecule has 0 nitrogen and oxygen atoms in total. The van der Waals surface area contributed by atoms with Crippen LogP contribution in [-0.2, 0) is 0 Å². The SMILES string of the molecule is C#C/C=C/C=C/C=C/C=C/CCSc1ccccc1. The van der Waals surface area contributed by atoms with E-state index in [-0.39, 0.29) is 0 Å². The third kappa shape index (κ3) is 8.77. The minimum Gasteiger partial charge on any atom is -0.126 e. The molecule has 0 fully saturated rings. The van der Waals surface area contributed by atoms with Gasteiger partial charge in [0.1, 0.15) is 0 Å². The molecule has 0 atom stereocenters. The molecule has 0 aliphatic rings. The maximum absolute atomic E-state index is 5.08. The second-order valence-corrected chi connectivity index (χ2v) is 4.84. The van der Waals surface area contributed by atoms with E-state index in [0.29, 0.717) is 0 Å². The summed E-state index contributed by atoms with van der Waals surface area (Å²) in [6.45, 7) is 0. The van der Waals surface area contributed by atoms with E-state index in [4.69, 9.17) is 6.42 Å². The molecule has 0 saturated heterocycles. The maximum Gasteiger partial charge on any atom is 0.00720 e. The lowest BCUT2D eigenvalue weighted by atomic mass is 10.3. The zero-order valence-corrected chi connectivity index (χ0v) is 11.7. The summed E-state index contributed by atoms with van der Waals surface area (Å²) in [6, 6.07) is 10.5. The summed E-state index contributed by atoms with van der Waals surface area (Å²) in [5, 5.41) is 0. The van der Waals surface area contributed by atoms with Gasteiger partial charge in [-0.25, -0.2) is 0 Å². The Morgan fingerprint density at radius 2 is 1.63 bits per heavy atom. The topological polar surface area (TPSA) is 0 Å². The molecule has 0 aromatic heterocycles. The van der Waals surface area contributed by atoms with Crippen molar-refractivity contribution in [1.29, 1.82) is 0 Å². The minimum atomic E-state index is 1.07. The lowest BCUT2D eigenvalue weighted by Crippen LogP contribution is -1.75. The molecular formula is C18H18S. The number of terminal acetylenes is 1. The maximum atomic E-state index is 5.08. The fourth-order valence-electron chi connectivity index (χ4n) is 1.30. The molecule has 1 rings (SSSR count). The van der Waals surface area contributed by atoms with E-state index in [9.17, 15) is 0 Å². The molecule has 0 aliphatic carbocycles. The number of hydrogen-bond acceptors (Lipinski definition) is 1. The van der Waals surface area contributed by atoms with Gasteiger partial charge in [0.15, 0.2) is 0 Å². The van der Waals surface area contributed by atoms with Gasteiger partial charge in [-0.05, 0) is 24.6 Å².